The van der Waals surface area contributed by atoms with Crippen molar-refractivity contribution in [1.29, 1.82) is 0 Å². The quantitative estimate of drug-likeness (QED) is 0.529. The number of benzene rings is 1. The third-order valence-electron chi connectivity index (χ3n) is 5.03. The smallest absolute Gasteiger partial charge is 0.408 e. The maximum Gasteiger partial charge on any atom is 0.408 e. The first-order valence-corrected chi connectivity index (χ1v) is 11.3. The van der Waals surface area contributed by atoms with E-state index in [0.29, 0.717) is 12.0 Å². The molecule has 2 atom stereocenters. The van der Waals surface area contributed by atoms with E-state index in [0.717, 1.165) is 11.1 Å². The number of esters is 1. The Kier molecular flexibility index (Phi) is 10.5. The number of aryl methyl sites for hydroxylation is 2. The van der Waals surface area contributed by atoms with Gasteiger partial charge in [0.15, 0.2) is 0 Å². The van der Waals surface area contributed by atoms with Gasteiger partial charge in [0.1, 0.15) is 24.2 Å². The minimum Gasteiger partial charge on any atom is -0.468 e. The average molecular weight is 478 g/mol. The van der Waals surface area contributed by atoms with Gasteiger partial charge in [0.25, 0.3) is 0 Å². The molecule has 190 valence electrons. The van der Waals surface area contributed by atoms with Crippen LogP contribution in [0.25, 0.3) is 0 Å². The van der Waals surface area contributed by atoms with Crippen LogP contribution in [-0.4, -0.2) is 61.1 Å². The molecule has 0 heterocycles. The largest absolute Gasteiger partial charge is 0.468 e. The zero-order chi connectivity index (χ0) is 26.2. The zero-order valence-electron chi connectivity index (χ0n) is 21.8. The molecule has 9 nitrogen and oxygen atoms in total. The molecule has 1 rings (SSSR count). The van der Waals surface area contributed by atoms with E-state index >= 15 is 0 Å². The predicted molar refractivity (Wildman–Crippen MR) is 129 cm³/mol. The molecule has 0 bridgehead atoms. The van der Waals surface area contributed by atoms with Crippen LogP contribution in [0.4, 0.5) is 4.79 Å². The molecule has 0 aliphatic rings. The lowest BCUT2D eigenvalue weighted by molar-refractivity contribution is -0.144. The lowest BCUT2D eigenvalue weighted by Crippen LogP contribution is -2.52. The Morgan fingerprint density at radius 3 is 2.21 bits per heavy atom. The summed E-state index contributed by atoms with van der Waals surface area (Å²) in [6, 6.07) is 3.63. The van der Waals surface area contributed by atoms with E-state index in [-0.39, 0.29) is 12.5 Å². The first-order valence-electron chi connectivity index (χ1n) is 11.3. The SMILES string of the molecule is COC(=O)CNC(=O)C(c1ccc(C)cc1C)N(C)C(=O)C(CC(C)C)NC(=O)OC(C)(C)C. The number of nitrogens with one attached hydrogen (secondary N) is 2. The van der Waals surface area contributed by atoms with Gasteiger partial charge in [-0.3, -0.25) is 14.4 Å². The van der Waals surface area contributed by atoms with E-state index in [1.54, 1.807) is 26.8 Å². The number of alkyl carbamates (subject to hydrolysis) is 1. The van der Waals surface area contributed by atoms with E-state index in [1.807, 2.05) is 39.8 Å². The molecule has 0 spiro atoms. The maximum absolute atomic E-state index is 13.6. The Bertz CT molecular complexity index is 891. The Balaban J connectivity index is 3.30. The van der Waals surface area contributed by atoms with Gasteiger partial charge >= 0.3 is 12.1 Å². The minimum absolute atomic E-state index is 0.0880. The van der Waals surface area contributed by atoms with Gasteiger partial charge in [-0.25, -0.2) is 4.79 Å². The minimum atomic E-state index is -1.02. The molecule has 9 heteroatoms. The van der Waals surface area contributed by atoms with Crippen LogP contribution >= 0.6 is 0 Å². The molecular weight excluding hydrogens is 438 g/mol. The second kappa shape index (κ2) is 12.4. The van der Waals surface area contributed by atoms with E-state index in [1.165, 1.54) is 19.1 Å². The van der Waals surface area contributed by atoms with Crippen LogP contribution in [0, 0.1) is 19.8 Å². The fraction of sp³-hybridized carbons (Fsp3) is 0.600. The summed E-state index contributed by atoms with van der Waals surface area (Å²) in [6.07, 6.45) is -0.357. The highest BCUT2D eigenvalue weighted by Gasteiger charge is 2.35. The highest BCUT2D eigenvalue weighted by Crippen LogP contribution is 2.26. The second-order valence-corrected chi connectivity index (χ2v) is 9.83. The van der Waals surface area contributed by atoms with Crippen molar-refractivity contribution in [2.45, 2.75) is 72.6 Å². The number of methoxy groups -OCH3 is 1. The average Bonchev–Trinajstić information content (AvgIpc) is 2.70. The summed E-state index contributed by atoms with van der Waals surface area (Å²) in [5, 5.41) is 5.20. The topological polar surface area (TPSA) is 114 Å². The first kappa shape index (κ1) is 28.9. The maximum atomic E-state index is 13.6. The van der Waals surface area contributed by atoms with Crippen molar-refractivity contribution in [3.8, 4) is 0 Å². The standard InChI is InChI=1S/C25H39N3O6/c1-15(2)12-19(27-24(32)34-25(5,6)7)23(31)28(8)21(22(30)26-14-20(29)33-9)18-11-10-16(3)13-17(18)4/h10-11,13,15,19,21H,12,14H2,1-9H3,(H,26,30)(H,27,32). The number of carbonyl (C=O) groups excluding carboxylic acids is 4. The van der Waals surface area contributed by atoms with Crippen molar-refractivity contribution >= 4 is 23.9 Å². The van der Waals surface area contributed by atoms with Crippen LogP contribution in [0.3, 0.4) is 0 Å². The van der Waals surface area contributed by atoms with Crippen LogP contribution in [0.2, 0.25) is 0 Å². The van der Waals surface area contributed by atoms with Gasteiger partial charge in [0, 0.05) is 7.05 Å². The normalized spacial score (nSPS) is 13.0. The summed E-state index contributed by atoms with van der Waals surface area (Å²) in [7, 11) is 2.73. The van der Waals surface area contributed by atoms with Crippen molar-refractivity contribution in [1.82, 2.24) is 15.5 Å². The van der Waals surface area contributed by atoms with Crippen LogP contribution in [-0.2, 0) is 23.9 Å². The van der Waals surface area contributed by atoms with E-state index in [2.05, 4.69) is 15.4 Å². The van der Waals surface area contributed by atoms with Crippen LogP contribution in [0.1, 0.15) is 63.8 Å². The number of nitrogens with zero attached hydrogens (tertiary/aromatic N) is 1. The van der Waals surface area contributed by atoms with Crippen molar-refractivity contribution < 1.29 is 28.7 Å². The lowest BCUT2D eigenvalue weighted by Gasteiger charge is -2.32. The number of likely N-dealkylation sites (N-methyl/N-ethyl adjacent to an activating group) is 1. The van der Waals surface area contributed by atoms with Gasteiger partial charge in [-0.05, 0) is 58.1 Å². The fourth-order valence-corrected chi connectivity index (χ4v) is 3.50. The Hall–Kier alpha value is -3.10. The summed E-state index contributed by atoms with van der Waals surface area (Å²) < 4.78 is 9.93. The highest BCUT2D eigenvalue weighted by molar-refractivity contribution is 5.93. The molecule has 0 saturated carbocycles. The van der Waals surface area contributed by atoms with Crippen LogP contribution in [0.15, 0.2) is 18.2 Å². The molecule has 0 fully saturated rings. The van der Waals surface area contributed by atoms with Crippen molar-refractivity contribution in [2.75, 3.05) is 20.7 Å². The number of hydrogen-bond acceptors (Lipinski definition) is 6. The van der Waals surface area contributed by atoms with Gasteiger partial charge in [-0.2, -0.15) is 0 Å². The first-order chi connectivity index (χ1) is 15.7. The highest BCUT2D eigenvalue weighted by atomic mass is 16.6. The van der Waals surface area contributed by atoms with Gasteiger partial charge in [-0.1, -0.05) is 37.6 Å². The molecule has 0 aliphatic carbocycles. The predicted octanol–water partition coefficient (Wildman–Crippen LogP) is 3.03. The number of amides is 3. The van der Waals surface area contributed by atoms with Gasteiger partial charge in [0.2, 0.25) is 11.8 Å². The summed E-state index contributed by atoms with van der Waals surface area (Å²) in [5.41, 5.74) is 1.72. The monoisotopic (exact) mass is 477 g/mol. The van der Waals surface area contributed by atoms with Crippen molar-refractivity contribution in [3.05, 3.63) is 34.9 Å². The molecule has 0 radical (unpaired) electrons. The molecule has 1 aromatic rings. The van der Waals surface area contributed by atoms with Crippen molar-refractivity contribution in [2.24, 2.45) is 5.92 Å². The lowest BCUT2D eigenvalue weighted by atomic mass is 9.96. The Morgan fingerprint density at radius 1 is 1.09 bits per heavy atom. The number of rotatable bonds is 9. The molecular formula is C25H39N3O6. The molecule has 2 unspecified atom stereocenters. The third kappa shape index (κ3) is 9.03. The molecule has 0 saturated heterocycles. The molecule has 0 aliphatic heterocycles. The summed E-state index contributed by atoms with van der Waals surface area (Å²) in [6.45, 7) is 12.5. The van der Waals surface area contributed by atoms with E-state index in [9.17, 15) is 19.2 Å². The van der Waals surface area contributed by atoms with Gasteiger partial charge in [-0.15, -0.1) is 0 Å². The molecule has 3 amide bonds. The molecule has 1 aromatic carbocycles. The van der Waals surface area contributed by atoms with Crippen LogP contribution < -0.4 is 10.6 Å². The van der Waals surface area contributed by atoms with Gasteiger partial charge in [0.05, 0.1) is 7.11 Å². The molecule has 0 aromatic heterocycles. The molecule has 34 heavy (non-hydrogen) atoms. The fourth-order valence-electron chi connectivity index (χ4n) is 3.50. The number of ether oxygens (including phenoxy) is 2. The van der Waals surface area contributed by atoms with Gasteiger partial charge < -0.3 is 25.0 Å². The summed E-state index contributed by atoms with van der Waals surface area (Å²) >= 11 is 0. The Morgan fingerprint density at radius 2 is 1.71 bits per heavy atom. The van der Waals surface area contributed by atoms with Crippen molar-refractivity contribution in [3.63, 3.8) is 0 Å². The number of hydrogen-bond donors (Lipinski definition) is 2. The van der Waals surface area contributed by atoms with E-state index < -0.39 is 41.6 Å². The Labute approximate surface area is 202 Å². The zero-order valence-corrected chi connectivity index (χ0v) is 21.8. The van der Waals surface area contributed by atoms with E-state index in [4.69, 9.17) is 4.74 Å². The number of carbonyl (C=O) groups is 4. The summed E-state index contributed by atoms with van der Waals surface area (Å²) in [5.74, 6) is -1.50. The second-order valence-electron chi connectivity index (χ2n) is 9.83. The molecule has 2 N–H and O–H groups in total. The summed E-state index contributed by atoms with van der Waals surface area (Å²) in [4.78, 5) is 52.0. The third-order valence-corrected chi connectivity index (χ3v) is 5.03. The van der Waals surface area contributed by atoms with Crippen LogP contribution in [0.5, 0.6) is 0 Å².